The average molecular weight is 399 g/mol. The van der Waals surface area contributed by atoms with Gasteiger partial charge in [0.25, 0.3) is 0 Å². The zero-order chi connectivity index (χ0) is 18.9. The van der Waals surface area contributed by atoms with Gasteiger partial charge < -0.3 is 15.8 Å². The number of hydrogen-bond acceptors (Lipinski definition) is 5. The Hall–Kier alpha value is -2.32. The monoisotopic (exact) mass is 398 g/mol. The number of carbonyl (C=O) groups is 3. The summed E-state index contributed by atoms with van der Waals surface area (Å²) >= 11 is 0. The maximum Gasteiger partial charge on any atom is 0.328 e. The zero-order valence-electron chi connectivity index (χ0n) is 15.5. The van der Waals surface area contributed by atoms with Gasteiger partial charge in [-0.05, 0) is 31.5 Å². The lowest BCUT2D eigenvalue weighted by Crippen LogP contribution is -2.49. The van der Waals surface area contributed by atoms with E-state index < -0.39 is 6.03 Å². The molecule has 0 bridgehead atoms. The van der Waals surface area contributed by atoms with Gasteiger partial charge in [-0.3, -0.25) is 19.8 Å². The number of nitrogens with zero attached hydrogens (tertiary/aromatic N) is 1. The van der Waals surface area contributed by atoms with Crippen molar-refractivity contribution < 1.29 is 19.1 Å². The highest BCUT2D eigenvalue weighted by molar-refractivity contribution is 6.06. The van der Waals surface area contributed by atoms with Gasteiger partial charge in [-0.1, -0.05) is 12.8 Å². The second-order valence-corrected chi connectivity index (χ2v) is 6.14. The van der Waals surface area contributed by atoms with Crippen LogP contribution in [0.3, 0.4) is 0 Å². The average Bonchev–Trinajstić information content (AvgIpc) is 2.62. The lowest BCUT2D eigenvalue weighted by molar-refractivity contribution is -0.120. The number of amides is 4. The molecule has 0 atom stereocenters. The Labute approximate surface area is 165 Å². The molecule has 27 heavy (non-hydrogen) atoms. The number of halogens is 1. The Balaban J connectivity index is 0.00000364. The third-order valence-corrected chi connectivity index (χ3v) is 4.17. The molecule has 1 aromatic carbocycles. The summed E-state index contributed by atoms with van der Waals surface area (Å²) in [5.41, 5.74) is 6.60. The number of rotatable bonds is 9. The van der Waals surface area contributed by atoms with Gasteiger partial charge in [-0.2, -0.15) is 0 Å². The molecule has 1 aliphatic heterocycles. The van der Waals surface area contributed by atoms with Crippen LogP contribution < -0.4 is 26.0 Å². The second-order valence-electron chi connectivity index (χ2n) is 6.14. The van der Waals surface area contributed by atoms with E-state index in [2.05, 4.69) is 10.6 Å². The first-order valence-electron chi connectivity index (χ1n) is 8.84. The van der Waals surface area contributed by atoms with E-state index >= 15 is 0 Å². The lowest BCUT2D eigenvalue weighted by atomic mass is 10.1. The van der Waals surface area contributed by atoms with Crippen LogP contribution in [0.15, 0.2) is 18.2 Å². The van der Waals surface area contributed by atoms with Crippen LogP contribution in [-0.2, 0) is 9.59 Å². The van der Waals surface area contributed by atoms with Crippen molar-refractivity contribution >= 4 is 41.6 Å². The zero-order valence-corrected chi connectivity index (χ0v) is 16.3. The summed E-state index contributed by atoms with van der Waals surface area (Å²) in [6, 6.07) is 4.61. The van der Waals surface area contributed by atoms with Crippen LogP contribution >= 0.6 is 12.4 Å². The third kappa shape index (κ3) is 6.73. The molecule has 2 rings (SSSR count). The molecule has 0 unspecified atom stereocenters. The molecule has 0 aliphatic carbocycles. The van der Waals surface area contributed by atoms with Crippen molar-refractivity contribution in [2.75, 3.05) is 30.4 Å². The first-order chi connectivity index (χ1) is 12.5. The number of nitrogens with one attached hydrogen (secondary N) is 2. The number of nitrogens with two attached hydrogens (primary N) is 1. The van der Waals surface area contributed by atoms with Crippen LogP contribution in [0.2, 0.25) is 0 Å². The van der Waals surface area contributed by atoms with Crippen LogP contribution in [0.5, 0.6) is 5.75 Å². The summed E-state index contributed by atoms with van der Waals surface area (Å²) in [5.74, 6) is 0.102. The minimum Gasteiger partial charge on any atom is -0.494 e. The Morgan fingerprint density at radius 1 is 1.26 bits per heavy atom. The molecule has 1 saturated heterocycles. The number of benzene rings is 1. The van der Waals surface area contributed by atoms with E-state index in [4.69, 9.17) is 10.5 Å². The topological polar surface area (TPSA) is 114 Å². The lowest BCUT2D eigenvalue weighted by Gasteiger charge is -2.28. The van der Waals surface area contributed by atoms with Crippen LogP contribution in [-0.4, -0.2) is 38.0 Å². The van der Waals surface area contributed by atoms with Crippen molar-refractivity contribution in [3.05, 3.63) is 18.2 Å². The largest absolute Gasteiger partial charge is 0.494 e. The molecule has 1 aliphatic rings. The normalized spacial score (nSPS) is 13.6. The molecule has 1 heterocycles. The van der Waals surface area contributed by atoms with Gasteiger partial charge in [0.2, 0.25) is 11.8 Å². The molecule has 0 saturated carbocycles. The van der Waals surface area contributed by atoms with Crippen molar-refractivity contribution in [2.45, 2.75) is 38.5 Å². The van der Waals surface area contributed by atoms with Crippen LogP contribution in [0.4, 0.5) is 16.2 Å². The number of hydrogen-bond donors (Lipinski definition) is 3. The number of anilines is 2. The van der Waals surface area contributed by atoms with Gasteiger partial charge in [0.15, 0.2) is 0 Å². The summed E-state index contributed by atoms with van der Waals surface area (Å²) in [6.07, 6.45) is 4.50. The molecule has 1 aromatic rings. The highest BCUT2D eigenvalue weighted by Gasteiger charge is 2.26. The number of carbonyl (C=O) groups excluding carboxylic acids is 3. The first kappa shape index (κ1) is 22.7. The fourth-order valence-corrected chi connectivity index (χ4v) is 2.78. The van der Waals surface area contributed by atoms with Gasteiger partial charge in [0.05, 0.1) is 12.8 Å². The Kier molecular flexibility index (Phi) is 9.60. The Morgan fingerprint density at radius 2 is 2.00 bits per heavy atom. The van der Waals surface area contributed by atoms with E-state index in [-0.39, 0.29) is 37.2 Å². The molecule has 4 N–H and O–H groups in total. The van der Waals surface area contributed by atoms with E-state index in [1.54, 1.807) is 18.2 Å². The van der Waals surface area contributed by atoms with E-state index in [0.29, 0.717) is 30.1 Å². The third-order valence-electron chi connectivity index (χ3n) is 4.17. The van der Waals surface area contributed by atoms with Gasteiger partial charge in [-0.25, -0.2) is 4.79 Å². The molecule has 0 spiro atoms. The second kappa shape index (κ2) is 11.4. The highest BCUT2D eigenvalue weighted by atomic mass is 35.5. The molecule has 9 heteroatoms. The van der Waals surface area contributed by atoms with Crippen molar-refractivity contribution in [3.8, 4) is 5.75 Å². The highest BCUT2D eigenvalue weighted by Crippen LogP contribution is 2.32. The van der Waals surface area contributed by atoms with Crippen LogP contribution in [0, 0.1) is 0 Å². The SMILES string of the molecule is COc1cc(NC(=O)CCCCCCN)ccc1N1CCC(=O)NC1=O.Cl. The molecule has 1 fully saturated rings. The standard InChI is InChI=1S/C18H26N4O4.ClH/c1-26-15-12-13(20-16(23)6-4-2-3-5-10-19)7-8-14(15)22-11-9-17(24)21-18(22)25;/h7-8,12H,2-6,9-11,19H2,1H3,(H,20,23)(H,21,24,25);1H. The van der Waals surface area contributed by atoms with E-state index in [1.165, 1.54) is 12.0 Å². The molecule has 4 amide bonds. The molecule has 0 aromatic heterocycles. The molecular formula is C18H27ClN4O4. The number of imide groups is 1. The number of methoxy groups -OCH3 is 1. The summed E-state index contributed by atoms with van der Waals surface area (Å²) in [6.45, 7) is 0.969. The Morgan fingerprint density at radius 3 is 2.67 bits per heavy atom. The van der Waals surface area contributed by atoms with Crippen LogP contribution in [0.1, 0.15) is 38.5 Å². The van der Waals surface area contributed by atoms with Gasteiger partial charge >= 0.3 is 6.03 Å². The van der Waals surface area contributed by atoms with Crippen LogP contribution in [0.25, 0.3) is 0 Å². The number of urea groups is 1. The predicted molar refractivity (Wildman–Crippen MR) is 107 cm³/mol. The Bertz CT molecular complexity index is 669. The summed E-state index contributed by atoms with van der Waals surface area (Å²) in [7, 11) is 1.49. The molecule has 150 valence electrons. The predicted octanol–water partition coefficient (Wildman–Crippen LogP) is 2.41. The molecule has 8 nitrogen and oxygen atoms in total. The summed E-state index contributed by atoms with van der Waals surface area (Å²) < 4.78 is 5.35. The van der Waals surface area contributed by atoms with Crippen molar-refractivity contribution in [1.29, 1.82) is 0 Å². The van der Waals surface area contributed by atoms with Gasteiger partial charge in [0.1, 0.15) is 5.75 Å². The van der Waals surface area contributed by atoms with Crippen molar-refractivity contribution in [2.24, 2.45) is 5.73 Å². The summed E-state index contributed by atoms with van der Waals surface area (Å²) in [4.78, 5) is 36.7. The summed E-state index contributed by atoms with van der Waals surface area (Å²) in [5, 5.41) is 5.12. The van der Waals surface area contributed by atoms with Crippen molar-refractivity contribution in [1.82, 2.24) is 5.32 Å². The minimum atomic E-state index is -0.478. The van der Waals surface area contributed by atoms with E-state index in [0.717, 1.165) is 25.7 Å². The number of unbranched alkanes of at least 4 members (excludes halogenated alkanes) is 3. The van der Waals surface area contributed by atoms with E-state index in [9.17, 15) is 14.4 Å². The molecular weight excluding hydrogens is 372 g/mol. The first-order valence-corrected chi connectivity index (χ1v) is 8.84. The number of ether oxygens (including phenoxy) is 1. The maximum absolute atomic E-state index is 12.0. The van der Waals surface area contributed by atoms with Gasteiger partial charge in [0, 0.05) is 31.1 Å². The fourth-order valence-electron chi connectivity index (χ4n) is 2.78. The maximum atomic E-state index is 12.0. The smallest absolute Gasteiger partial charge is 0.328 e. The van der Waals surface area contributed by atoms with Crippen molar-refractivity contribution in [3.63, 3.8) is 0 Å². The quantitative estimate of drug-likeness (QED) is 0.553. The van der Waals surface area contributed by atoms with Gasteiger partial charge in [-0.15, -0.1) is 12.4 Å². The fraction of sp³-hybridized carbons (Fsp3) is 0.500. The minimum absolute atomic E-state index is 0. The molecule has 0 radical (unpaired) electrons. The van der Waals surface area contributed by atoms with E-state index in [1.807, 2.05) is 0 Å².